The van der Waals surface area contributed by atoms with E-state index in [0.29, 0.717) is 18.4 Å². The molecule has 1 saturated heterocycles. The second-order valence-electron chi connectivity index (χ2n) is 7.71. The van der Waals surface area contributed by atoms with Gasteiger partial charge in [0, 0.05) is 18.8 Å². The molecule has 0 aromatic heterocycles. The summed E-state index contributed by atoms with van der Waals surface area (Å²) in [6.45, 7) is 10.7. The lowest BCUT2D eigenvalue weighted by Crippen LogP contribution is -2.52. The summed E-state index contributed by atoms with van der Waals surface area (Å²) in [5.74, 6) is 1.79. The highest BCUT2D eigenvalue weighted by atomic mass is 16.5. The number of amides is 2. The van der Waals surface area contributed by atoms with Crippen LogP contribution in [0.5, 0.6) is 5.75 Å². The van der Waals surface area contributed by atoms with Crippen LogP contribution < -0.4 is 10.1 Å². The number of methoxy groups -OCH3 is 1. The molecule has 0 radical (unpaired) electrons. The van der Waals surface area contributed by atoms with Crippen LogP contribution in [0.3, 0.4) is 0 Å². The van der Waals surface area contributed by atoms with Gasteiger partial charge in [-0.2, -0.15) is 0 Å². The lowest BCUT2D eigenvalue weighted by Gasteiger charge is -2.38. The SMILES string of the molecule is CCN(CC(=O)Nc1ccc(OC)cc1)C(C)C(=O)N1CC(C)CC(C)C1. The lowest BCUT2D eigenvalue weighted by molar-refractivity contribution is -0.139. The predicted octanol–water partition coefficient (Wildman–Crippen LogP) is 2.85. The van der Waals surface area contributed by atoms with E-state index in [-0.39, 0.29) is 24.4 Å². The van der Waals surface area contributed by atoms with Crippen molar-refractivity contribution in [2.45, 2.75) is 40.2 Å². The molecule has 1 heterocycles. The number of piperidine rings is 1. The Morgan fingerprint density at radius 1 is 1.22 bits per heavy atom. The molecule has 6 heteroatoms. The number of likely N-dealkylation sites (N-methyl/N-ethyl adjacent to an activating group) is 1. The zero-order valence-electron chi connectivity index (χ0n) is 17.2. The predicted molar refractivity (Wildman–Crippen MR) is 108 cm³/mol. The van der Waals surface area contributed by atoms with E-state index >= 15 is 0 Å². The Morgan fingerprint density at radius 3 is 2.33 bits per heavy atom. The molecule has 2 rings (SSSR count). The standard InChI is InChI=1S/C21H33N3O3/c1-6-23(14-20(25)22-18-7-9-19(27-5)10-8-18)17(4)21(26)24-12-15(2)11-16(3)13-24/h7-10,15-17H,6,11-14H2,1-5H3,(H,22,25). The Hall–Kier alpha value is -2.08. The molecular weight excluding hydrogens is 342 g/mol. The molecule has 150 valence electrons. The zero-order chi connectivity index (χ0) is 20.0. The van der Waals surface area contributed by atoms with Crippen molar-refractivity contribution in [3.05, 3.63) is 24.3 Å². The molecular formula is C21H33N3O3. The highest BCUT2D eigenvalue weighted by Gasteiger charge is 2.31. The maximum atomic E-state index is 12.9. The average molecular weight is 376 g/mol. The largest absolute Gasteiger partial charge is 0.497 e. The number of carbonyl (C=O) groups excluding carboxylic acids is 2. The van der Waals surface area contributed by atoms with Crippen molar-refractivity contribution in [1.29, 1.82) is 0 Å². The Morgan fingerprint density at radius 2 is 1.81 bits per heavy atom. The molecule has 3 unspecified atom stereocenters. The molecule has 1 fully saturated rings. The van der Waals surface area contributed by atoms with Gasteiger partial charge in [-0.25, -0.2) is 0 Å². The van der Waals surface area contributed by atoms with Crippen molar-refractivity contribution >= 4 is 17.5 Å². The Kier molecular flexibility index (Phi) is 7.66. The van der Waals surface area contributed by atoms with Crippen LogP contribution in [0.1, 0.15) is 34.1 Å². The second-order valence-corrected chi connectivity index (χ2v) is 7.71. The van der Waals surface area contributed by atoms with Crippen molar-refractivity contribution in [3.63, 3.8) is 0 Å². The van der Waals surface area contributed by atoms with Gasteiger partial charge in [0.15, 0.2) is 0 Å². The summed E-state index contributed by atoms with van der Waals surface area (Å²) in [5.41, 5.74) is 0.717. The topological polar surface area (TPSA) is 61.9 Å². The fraction of sp³-hybridized carbons (Fsp3) is 0.619. The molecule has 0 aliphatic carbocycles. The fourth-order valence-electron chi connectivity index (χ4n) is 3.85. The summed E-state index contributed by atoms with van der Waals surface area (Å²) < 4.78 is 5.12. The number of nitrogens with one attached hydrogen (secondary N) is 1. The van der Waals surface area contributed by atoms with E-state index in [1.165, 1.54) is 6.42 Å². The minimum Gasteiger partial charge on any atom is -0.497 e. The average Bonchev–Trinajstić information content (AvgIpc) is 2.64. The summed E-state index contributed by atoms with van der Waals surface area (Å²) in [6, 6.07) is 6.90. The smallest absolute Gasteiger partial charge is 0.239 e. The van der Waals surface area contributed by atoms with E-state index < -0.39 is 0 Å². The van der Waals surface area contributed by atoms with Crippen molar-refractivity contribution in [2.24, 2.45) is 11.8 Å². The number of benzene rings is 1. The third-order valence-corrected chi connectivity index (χ3v) is 5.21. The number of carbonyl (C=O) groups is 2. The van der Waals surface area contributed by atoms with E-state index in [1.807, 2.05) is 23.6 Å². The van der Waals surface area contributed by atoms with E-state index in [2.05, 4.69) is 19.2 Å². The molecule has 3 atom stereocenters. The first-order valence-electron chi connectivity index (χ1n) is 9.80. The van der Waals surface area contributed by atoms with E-state index in [0.717, 1.165) is 24.5 Å². The number of rotatable bonds is 7. The third kappa shape index (κ3) is 5.96. The molecule has 0 spiro atoms. The van der Waals surface area contributed by atoms with Crippen LogP contribution in [0.15, 0.2) is 24.3 Å². The Labute approximate surface area is 162 Å². The molecule has 1 N–H and O–H groups in total. The van der Waals surface area contributed by atoms with Crippen LogP contribution in [0.2, 0.25) is 0 Å². The first-order chi connectivity index (χ1) is 12.8. The van der Waals surface area contributed by atoms with Gasteiger partial charge in [-0.15, -0.1) is 0 Å². The minimum absolute atomic E-state index is 0.118. The zero-order valence-corrected chi connectivity index (χ0v) is 17.2. The van der Waals surface area contributed by atoms with Crippen molar-refractivity contribution in [3.8, 4) is 5.75 Å². The number of nitrogens with zero attached hydrogens (tertiary/aromatic N) is 2. The van der Waals surface area contributed by atoms with Gasteiger partial charge in [0.25, 0.3) is 0 Å². The number of likely N-dealkylation sites (tertiary alicyclic amines) is 1. The molecule has 6 nitrogen and oxygen atoms in total. The van der Waals surface area contributed by atoms with E-state index in [9.17, 15) is 9.59 Å². The molecule has 1 aromatic carbocycles. The van der Waals surface area contributed by atoms with Crippen molar-refractivity contribution < 1.29 is 14.3 Å². The number of ether oxygens (including phenoxy) is 1. The summed E-state index contributed by atoms with van der Waals surface area (Å²) in [5, 5.41) is 2.88. The normalized spacial score (nSPS) is 21.0. The minimum atomic E-state index is -0.311. The quantitative estimate of drug-likeness (QED) is 0.796. The number of hydrogen-bond acceptors (Lipinski definition) is 4. The maximum absolute atomic E-state index is 12.9. The van der Waals surface area contributed by atoms with E-state index in [1.54, 1.807) is 31.4 Å². The summed E-state index contributed by atoms with van der Waals surface area (Å²) in [4.78, 5) is 29.3. The maximum Gasteiger partial charge on any atom is 0.239 e. The highest BCUT2D eigenvalue weighted by molar-refractivity contribution is 5.93. The summed E-state index contributed by atoms with van der Waals surface area (Å²) in [6.07, 6.45) is 1.17. The molecule has 1 aromatic rings. The van der Waals surface area contributed by atoms with Gasteiger partial charge < -0.3 is 15.0 Å². The van der Waals surface area contributed by atoms with Gasteiger partial charge in [-0.1, -0.05) is 20.8 Å². The van der Waals surface area contributed by atoms with Crippen LogP contribution in [-0.2, 0) is 9.59 Å². The molecule has 0 bridgehead atoms. The Balaban J connectivity index is 1.93. The van der Waals surface area contributed by atoms with Crippen molar-refractivity contribution in [2.75, 3.05) is 38.6 Å². The molecule has 1 aliphatic rings. The van der Waals surface area contributed by atoms with Crippen LogP contribution in [-0.4, -0.2) is 60.9 Å². The van der Waals surface area contributed by atoms with Gasteiger partial charge in [0.1, 0.15) is 5.75 Å². The lowest BCUT2D eigenvalue weighted by atomic mass is 9.91. The highest BCUT2D eigenvalue weighted by Crippen LogP contribution is 2.22. The van der Waals surface area contributed by atoms with Crippen LogP contribution >= 0.6 is 0 Å². The first kappa shape index (κ1) is 21.2. The van der Waals surface area contributed by atoms with Crippen LogP contribution in [0, 0.1) is 11.8 Å². The first-order valence-corrected chi connectivity index (χ1v) is 9.80. The van der Waals surface area contributed by atoms with Crippen LogP contribution in [0.25, 0.3) is 0 Å². The molecule has 2 amide bonds. The number of hydrogen-bond donors (Lipinski definition) is 1. The second kappa shape index (κ2) is 9.74. The van der Waals surface area contributed by atoms with Crippen molar-refractivity contribution in [1.82, 2.24) is 9.80 Å². The van der Waals surface area contributed by atoms with Gasteiger partial charge in [-0.3, -0.25) is 14.5 Å². The van der Waals surface area contributed by atoms with Crippen LogP contribution in [0.4, 0.5) is 5.69 Å². The van der Waals surface area contributed by atoms with E-state index in [4.69, 9.17) is 4.74 Å². The monoisotopic (exact) mass is 375 g/mol. The van der Waals surface area contributed by atoms with Gasteiger partial charge in [-0.05, 0) is 56.0 Å². The molecule has 1 aliphatic heterocycles. The fourth-order valence-corrected chi connectivity index (χ4v) is 3.85. The van der Waals surface area contributed by atoms with Gasteiger partial charge in [0.05, 0.1) is 19.7 Å². The van der Waals surface area contributed by atoms with Gasteiger partial charge >= 0.3 is 0 Å². The number of anilines is 1. The summed E-state index contributed by atoms with van der Waals surface area (Å²) in [7, 11) is 1.61. The third-order valence-electron chi connectivity index (χ3n) is 5.21. The Bertz CT molecular complexity index is 622. The summed E-state index contributed by atoms with van der Waals surface area (Å²) >= 11 is 0. The molecule has 27 heavy (non-hydrogen) atoms. The molecule has 0 saturated carbocycles. The van der Waals surface area contributed by atoms with Gasteiger partial charge in [0.2, 0.25) is 11.8 Å².